The van der Waals surface area contributed by atoms with Crippen molar-refractivity contribution in [2.75, 3.05) is 13.2 Å². The fourth-order valence-electron chi connectivity index (χ4n) is 2.78. The lowest BCUT2D eigenvalue weighted by molar-refractivity contribution is -0.172. The molecule has 1 saturated carbocycles. The highest BCUT2D eigenvalue weighted by Gasteiger charge is 2.61. The Balaban J connectivity index is 2.12. The van der Waals surface area contributed by atoms with E-state index in [1.807, 2.05) is 20.8 Å². The van der Waals surface area contributed by atoms with Gasteiger partial charge in [-0.15, -0.1) is 0 Å². The zero-order chi connectivity index (χ0) is 14.8. The van der Waals surface area contributed by atoms with Crippen LogP contribution in [0.5, 0.6) is 0 Å². The van der Waals surface area contributed by atoms with Crippen molar-refractivity contribution in [3.8, 4) is 0 Å². The third-order valence-corrected chi connectivity index (χ3v) is 4.46. The molecule has 5 nitrogen and oxygen atoms in total. The molecule has 0 unspecified atom stereocenters. The Morgan fingerprint density at radius 2 is 2.30 bits per heavy atom. The molecule has 2 atom stereocenters. The molecular formula is C15H22N2O3. The summed E-state index contributed by atoms with van der Waals surface area (Å²) in [5.74, 6) is -0.261. The Morgan fingerprint density at radius 3 is 2.80 bits per heavy atom. The van der Waals surface area contributed by atoms with Crippen LogP contribution in [0.2, 0.25) is 0 Å². The van der Waals surface area contributed by atoms with Crippen LogP contribution in [0.15, 0.2) is 24.4 Å². The van der Waals surface area contributed by atoms with Crippen LogP contribution in [-0.2, 0) is 4.74 Å². The molecule has 0 saturated heterocycles. The van der Waals surface area contributed by atoms with E-state index in [2.05, 4.69) is 10.3 Å². The minimum Gasteiger partial charge on any atom is -0.394 e. The zero-order valence-electron chi connectivity index (χ0n) is 12.2. The second-order valence-electron chi connectivity index (χ2n) is 5.78. The van der Waals surface area contributed by atoms with Gasteiger partial charge in [0.15, 0.2) is 0 Å². The molecule has 0 bridgehead atoms. The Kier molecular flexibility index (Phi) is 4.11. The van der Waals surface area contributed by atoms with Gasteiger partial charge in [-0.25, -0.2) is 0 Å². The van der Waals surface area contributed by atoms with Crippen molar-refractivity contribution in [3.05, 3.63) is 30.1 Å². The first-order valence-electron chi connectivity index (χ1n) is 6.93. The molecule has 1 amide bonds. The maximum atomic E-state index is 12.2. The highest BCUT2D eigenvalue weighted by atomic mass is 16.5. The molecule has 1 heterocycles. The summed E-state index contributed by atoms with van der Waals surface area (Å²) in [6.07, 6.45) is 2.24. The number of hydrogen-bond acceptors (Lipinski definition) is 4. The van der Waals surface area contributed by atoms with Gasteiger partial charge in [-0.2, -0.15) is 0 Å². The van der Waals surface area contributed by atoms with E-state index in [1.54, 1.807) is 24.4 Å². The van der Waals surface area contributed by atoms with Gasteiger partial charge in [-0.1, -0.05) is 19.9 Å². The number of amides is 1. The van der Waals surface area contributed by atoms with Crippen molar-refractivity contribution in [3.63, 3.8) is 0 Å². The molecule has 110 valence electrons. The molecule has 0 aromatic carbocycles. The first-order valence-corrected chi connectivity index (χ1v) is 6.93. The predicted octanol–water partition coefficient (Wildman–Crippen LogP) is 1.38. The summed E-state index contributed by atoms with van der Waals surface area (Å²) < 4.78 is 5.66. The maximum Gasteiger partial charge on any atom is 0.270 e. The fraction of sp³-hybridized carbons (Fsp3) is 0.600. The molecule has 1 aliphatic rings. The van der Waals surface area contributed by atoms with Gasteiger partial charge < -0.3 is 15.2 Å². The summed E-state index contributed by atoms with van der Waals surface area (Å²) in [6, 6.07) is 5.19. The number of nitrogens with one attached hydrogen (secondary N) is 1. The van der Waals surface area contributed by atoms with Crippen LogP contribution in [-0.4, -0.2) is 40.9 Å². The largest absolute Gasteiger partial charge is 0.394 e. The number of pyridine rings is 1. The van der Waals surface area contributed by atoms with Crippen molar-refractivity contribution in [2.45, 2.75) is 38.8 Å². The number of aliphatic hydroxyl groups is 1. The molecule has 1 aromatic rings. The van der Waals surface area contributed by atoms with Crippen LogP contribution in [0.3, 0.4) is 0 Å². The van der Waals surface area contributed by atoms with E-state index in [0.29, 0.717) is 18.7 Å². The van der Waals surface area contributed by atoms with Crippen LogP contribution < -0.4 is 5.32 Å². The van der Waals surface area contributed by atoms with Gasteiger partial charge >= 0.3 is 0 Å². The number of rotatable bonds is 5. The van der Waals surface area contributed by atoms with Crippen LogP contribution in [0.4, 0.5) is 0 Å². The van der Waals surface area contributed by atoms with Gasteiger partial charge in [-0.3, -0.25) is 9.78 Å². The molecule has 0 spiro atoms. The lowest BCUT2D eigenvalue weighted by atomic mass is 9.54. The second kappa shape index (κ2) is 5.50. The predicted molar refractivity (Wildman–Crippen MR) is 75.3 cm³/mol. The number of aliphatic hydroxyl groups excluding tert-OH is 1. The molecule has 0 aliphatic heterocycles. The summed E-state index contributed by atoms with van der Waals surface area (Å²) >= 11 is 0. The van der Waals surface area contributed by atoms with E-state index < -0.39 is 5.54 Å². The summed E-state index contributed by atoms with van der Waals surface area (Å²) in [5.41, 5.74) is -0.611. The summed E-state index contributed by atoms with van der Waals surface area (Å²) in [5, 5.41) is 12.7. The first kappa shape index (κ1) is 14.9. The van der Waals surface area contributed by atoms with E-state index in [0.717, 1.165) is 0 Å². The highest BCUT2D eigenvalue weighted by molar-refractivity contribution is 5.93. The lowest BCUT2D eigenvalue weighted by Crippen LogP contribution is -2.74. The average molecular weight is 278 g/mol. The van der Waals surface area contributed by atoms with E-state index in [1.165, 1.54) is 0 Å². The molecule has 2 N–H and O–H groups in total. The Bertz CT molecular complexity index is 475. The topological polar surface area (TPSA) is 71.5 Å². The molecule has 1 fully saturated rings. The van der Waals surface area contributed by atoms with Crippen LogP contribution >= 0.6 is 0 Å². The molecule has 0 radical (unpaired) electrons. The van der Waals surface area contributed by atoms with Crippen molar-refractivity contribution >= 4 is 5.91 Å². The SMILES string of the molecule is CCO[C@H]1C[C@](CO)(NC(=O)c2ccccn2)C1(C)C. The number of carbonyl (C=O) groups is 1. The van der Waals surface area contributed by atoms with Gasteiger partial charge in [0.2, 0.25) is 0 Å². The molecule has 5 heteroatoms. The fourth-order valence-corrected chi connectivity index (χ4v) is 2.78. The third kappa shape index (κ3) is 2.31. The molecule has 1 aliphatic carbocycles. The lowest BCUT2D eigenvalue weighted by Gasteiger charge is -2.60. The first-order chi connectivity index (χ1) is 9.47. The minimum absolute atomic E-state index is 0.0451. The quantitative estimate of drug-likeness (QED) is 0.853. The molecular weight excluding hydrogens is 256 g/mol. The van der Waals surface area contributed by atoms with E-state index >= 15 is 0 Å². The number of aromatic nitrogens is 1. The minimum atomic E-state index is -0.651. The molecule has 2 rings (SSSR count). The van der Waals surface area contributed by atoms with Gasteiger partial charge in [0.05, 0.1) is 18.2 Å². The van der Waals surface area contributed by atoms with Crippen LogP contribution in [0.25, 0.3) is 0 Å². The van der Waals surface area contributed by atoms with Gasteiger partial charge in [0, 0.05) is 24.6 Å². The summed E-state index contributed by atoms with van der Waals surface area (Å²) in [7, 11) is 0. The van der Waals surface area contributed by atoms with E-state index in [4.69, 9.17) is 4.74 Å². The van der Waals surface area contributed by atoms with Gasteiger partial charge in [-0.05, 0) is 19.1 Å². The standard InChI is InChI=1S/C15H22N2O3/c1-4-20-12-9-15(10-18,14(12,2)3)17-13(19)11-7-5-6-8-16-11/h5-8,12,18H,4,9-10H2,1-3H3,(H,17,19)/t12-,15+/m0/s1. The second-order valence-corrected chi connectivity index (χ2v) is 5.78. The van der Waals surface area contributed by atoms with E-state index in [9.17, 15) is 9.90 Å². The molecule has 20 heavy (non-hydrogen) atoms. The highest BCUT2D eigenvalue weighted by Crippen LogP contribution is 2.51. The van der Waals surface area contributed by atoms with Crippen LogP contribution in [0.1, 0.15) is 37.7 Å². The van der Waals surface area contributed by atoms with Crippen molar-refractivity contribution < 1.29 is 14.6 Å². The average Bonchev–Trinajstić information content (AvgIpc) is 2.46. The van der Waals surface area contributed by atoms with Crippen molar-refractivity contribution in [1.29, 1.82) is 0 Å². The van der Waals surface area contributed by atoms with Crippen LogP contribution in [0, 0.1) is 5.41 Å². The van der Waals surface area contributed by atoms with Crippen molar-refractivity contribution in [1.82, 2.24) is 10.3 Å². The van der Waals surface area contributed by atoms with Gasteiger partial charge in [0.1, 0.15) is 5.69 Å². The molecule has 1 aromatic heterocycles. The normalized spacial score (nSPS) is 27.7. The number of hydrogen-bond donors (Lipinski definition) is 2. The van der Waals surface area contributed by atoms with Gasteiger partial charge in [0.25, 0.3) is 5.91 Å². The van der Waals surface area contributed by atoms with E-state index in [-0.39, 0.29) is 24.0 Å². The number of ether oxygens (including phenoxy) is 1. The van der Waals surface area contributed by atoms with Crippen molar-refractivity contribution in [2.24, 2.45) is 5.41 Å². The monoisotopic (exact) mass is 278 g/mol. The Labute approximate surface area is 119 Å². The number of nitrogens with zero attached hydrogens (tertiary/aromatic N) is 1. The Morgan fingerprint density at radius 1 is 1.55 bits per heavy atom. The summed E-state index contributed by atoms with van der Waals surface area (Å²) in [4.78, 5) is 16.3. The Hall–Kier alpha value is -1.46. The smallest absolute Gasteiger partial charge is 0.270 e. The third-order valence-electron chi connectivity index (χ3n) is 4.46. The zero-order valence-corrected chi connectivity index (χ0v) is 12.2. The summed E-state index contributed by atoms with van der Waals surface area (Å²) in [6.45, 7) is 6.48. The number of carbonyl (C=O) groups excluding carboxylic acids is 1. The maximum absolute atomic E-state index is 12.2.